The van der Waals surface area contributed by atoms with Crippen LogP contribution in [0.15, 0.2) is 68.4 Å². The standard InChI is InChI=1S/C24H23N3O6S/c1-3-30-23(29)21-14(2)26-24-27(22(21)18-5-4-8-31-18)16(12-34-24)10-20(28)25-11-15-6-7-17-19(9-15)33-13-32-17/h4-9,12,22H,3,10-11,13H2,1-2H3,(H,25,28). The Kier molecular flexibility index (Phi) is 6.06. The third-order valence-electron chi connectivity index (χ3n) is 5.58. The summed E-state index contributed by atoms with van der Waals surface area (Å²) in [5, 5.41) is 5.52. The zero-order chi connectivity index (χ0) is 23.7. The van der Waals surface area contributed by atoms with Gasteiger partial charge in [0.2, 0.25) is 12.7 Å². The molecule has 0 saturated carbocycles. The Morgan fingerprint density at radius 3 is 2.91 bits per heavy atom. The maximum Gasteiger partial charge on any atom is 0.338 e. The number of rotatable bonds is 7. The summed E-state index contributed by atoms with van der Waals surface area (Å²) in [6, 6.07) is 8.58. The first kappa shape index (κ1) is 22.1. The van der Waals surface area contributed by atoms with E-state index in [1.54, 1.807) is 32.2 Å². The molecular formula is C24H23N3O6S. The van der Waals surface area contributed by atoms with Gasteiger partial charge < -0.3 is 28.8 Å². The Morgan fingerprint density at radius 2 is 2.12 bits per heavy atom. The van der Waals surface area contributed by atoms with Crippen molar-refractivity contribution in [3.8, 4) is 11.5 Å². The number of allylic oxidation sites excluding steroid dienone is 1. The second-order valence-electron chi connectivity index (χ2n) is 7.77. The number of amidine groups is 1. The zero-order valence-corrected chi connectivity index (χ0v) is 19.5. The van der Waals surface area contributed by atoms with E-state index < -0.39 is 12.0 Å². The lowest BCUT2D eigenvalue weighted by molar-refractivity contribution is -0.139. The minimum atomic E-state index is -0.565. The monoisotopic (exact) mass is 481 g/mol. The summed E-state index contributed by atoms with van der Waals surface area (Å²) in [6.07, 6.45) is 1.67. The van der Waals surface area contributed by atoms with E-state index in [4.69, 9.17) is 18.6 Å². The molecule has 4 heterocycles. The van der Waals surface area contributed by atoms with Crippen LogP contribution in [0.1, 0.15) is 37.6 Å². The van der Waals surface area contributed by atoms with E-state index in [2.05, 4.69) is 10.3 Å². The van der Waals surface area contributed by atoms with Crippen molar-refractivity contribution in [2.45, 2.75) is 32.9 Å². The summed E-state index contributed by atoms with van der Waals surface area (Å²) < 4.78 is 21.7. The molecule has 3 aliphatic heterocycles. The largest absolute Gasteiger partial charge is 0.467 e. The smallest absolute Gasteiger partial charge is 0.338 e. The van der Waals surface area contributed by atoms with Crippen molar-refractivity contribution in [3.63, 3.8) is 0 Å². The van der Waals surface area contributed by atoms with E-state index >= 15 is 0 Å². The molecule has 1 unspecified atom stereocenters. The molecule has 34 heavy (non-hydrogen) atoms. The first-order valence-electron chi connectivity index (χ1n) is 10.8. The highest BCUT2D eigenvalue weighted by molar-refractivity contribution is 8.16. The molecule has 0 spiro atoms. The van der Waals surface area contributed by atoms with Crippen LogP contribution in [0, 0.1) is 0 Å². The molecule has 0 radical (unpaired) electrons. The van der Waals surface area contributed by atoms with Crippen molar-refractivity contribution in [2.75, 3.05) is 13.4 Å². The lowest BCUT2D eigenvalue weighted by atomic mass is 9.99. The van der Waals surface area contributed by atoms with Gasteiger partial charge in [0, 0.05) is 12.2 Å². The quantitative estimate of drug-likeness (QED) is 0.595. The number of aliphatic imine (C=N–C) groups is 1. The molecule has 1 aromatic heterocycles. The van der Waals surface area contributed by atoms with Gasteiger partial charge in [-0.05, 0) is 49.1 Å². The predicted octanol–water partition coefficient (Wildman–Crippen LogP) is 3.85. The number of amides is 1. The van der Waals surface area contributed by atoms with Crippen LogP contribution in [0.3, 0.4) is 0 Å². The first-order chi connectivity index (χ1) is 16.5. The molecule has 0 saturated heterocycles. The first-order valence-corrected chi connectivity index (χ1v) is 11.7. The third kappa shape index (κ3) is 4.16. The average Bonchev–Trinajstić information content (AvgIpc) is 3.58. The molecule has 5 rings (SSSR count). The van der Waals surface area contributed by atoms with Gasteiger partial charge >= 0.3 is 5.97 Å². The summed E-state index contributed by atoms with van der Waals surface area (Å²) in [4.78, 5) is 32.2. The summed E-state index contributed by atoms with van der Waals surface area (Å²) in [7, 11) is 0. The number of furan rings is 1. The number of nitrogens with zero attached hydrogens (tertiary/aromatic N) is 2. The van der Waals surface area contributed by atoms with E-state index in [-0.39, 0.29) is 25.7 Å². The molecule has 10 heteroatoms. The van der Waals surface area contributed by atoms with Crippen molar-refractivity contribution in [2.24, 2.45) is 4.99 Å². The predicted molar refractivity (Wildman–Crippen MR) is 125 cm³/mol. The molecule has 9 nitrogen and oxygen atoms in total. The van der Waals surface area contributed by atoms with Crippen LogP contribution < -0.4 is 14.8 Å². The molecule has 0 bridgehead atoms. The van der Waals surface area contributed by atoms with Crippen LogP contribution in [0.4, 0.5) is 0 Å². The fraction of sp³-hybridized carbons (Fsp3) is 0.292. The Bertz CT molecular complexity index is 1220. The SMILES string of the molecule is CCOC(=O)C1=C(C)N=C2SC=C(CC(=O)NCc3ccc4c(c3)OCO4)N2C1c1ccco1. The van der Waals surface area contributed by atoms with E-state index in [9.17, 15) is 9.59 Å². The van der Waals surface area contributed by atoms with Crippen LogP contribution >= 0.6 is 11.8 Å². The van der Waals surface area contributed by atoms with Gasteiger partial charge in [-0.15, -0.1) is 0 Å². The number of carbonyl (C=O) groups excluding carboxylic acids is 2. The van der Waals surface area contributed by atoms with E-state index in [0.717, 1.165) is 11.3 Å². The number of hydrogen-bond donors (Lipinski definition) is 1. The second kappa shape index (κ2) is 9.30. The molecule has 0 aliphatic carbocycles. The van der Waals surface area contributed by atoms with Gasteiger partial charge in [-0.1, -0.05) is 17.8 Å². The van der Waals surface area contributed by atoms with Gasteiger partial charge in [-0.3, -0.25) is 4.79 Å². The maximum absolute atomic E-state index is 12.8. The maximum atomic E-state index is 12.8. The minimum Gasteiger partial charge on any atom is -0.467 e. The fourth-order valence-electron chi connectivity index (χ4n) is 4.03. The normalized spacial score (nSPS) is 18.4. The molecule has 1 amide bonds. The van der Waals surface area contributed by atoms with Crippen LogP contribution in [0.5, 0.6) is 11.5 Å². The fourth-order valence-corrected chi connectivity index (χ4v) is 5.00. The molecule has 1 atom stereocenters. The van der Waals surface area contributed by atoms with Gasteiger partial charge in [-0.2, -0.15) is 0 Å². The van der Waals surface area contributed by atoms with Crippen LogP contribution in [-0.2, 0) is 20.9 Å². The number of esters is 1. The number of carbonyl (C=O) groups is 2. The van der Waals surface area contributed by atoms with Gasteiger partial charge in [-0.25, -0.2) is 9.79 Å². The van der Waals surface area contributed by atoms with Crippen LogP contribution in [0.25, 0.3) is 0 Å². The average molecular weight is 482 g/mol. The summed E-state index contributed by atoms with van der Waals surface area (Å²) >= 11 is 1.41. The summed E-state index contributed by atoms with van der Waals surface area (Å²) in [5.41, 5.74) is 2.60. The van der Waals surface area contributed by atoms with Crippen molar-refractivity contribution < 1.29 is 28.2 Å². The Labute approximate surface area is 200 Å². The molecule has 1 N–H and O–H groups in total. The van der Waals surface area contributed by atoms with Gasteiger partial charge in [0.1, 0.15) is 11.8 Å². The Hall–Kier alpha value is -3.66. The van der Waals surface area contributed by atoms with E-state index in [0.29, 0.717) is 40.2 Å². The topological polar surface area (TPSA) is 103 Å². The summed E-state index contributed by atoms with van der Waals surface area (Å²) in [6.45, 7) is 4.34. The number of thioether (sulfide) groups is 1. The minimum absolute atomic E-state index is 0.114. The number of hydrogen-bond acceptors (Lipinski definition) is 9. The lowest BCUT2D eigenvalue weighted by Gasteiger charge is -2.34. The van der Waals surface area contributed by atoms with Crippen molar-refractivity contribution in [1.29, 1.82) is 0 Å². The third-order valence-corrected chi connectivity index (χ3v) is 6.47. The van der Waals surface area contributed by atoms with Gasteiger partial charge in [0.05, 0.1) is 30.6 Å². The Morgan fingerprint density at radius 1 is 1.26 bits per heavy atom. The van der Waals surface area contributed by atoms with E-state index in [1.165, 1.54) is 11.8 Å². The van der Waals surface area contributed by atoms with E-state index in [1.807, 2.05) is 28.5 Å². The second-order valence-corrected chi connectivity index (χ2v) is 8.61. The molecule has 0 fully saturated rings. The molecule has 176 valence electrons. The zero-order valence-electron chi connectivity index (χ0n) is 18.7. The molecule has 3 aliphatic rings. The highest BCUT2D eigenvalue weighted by Crippen LogP contribution is 2.45. The summed E-state index contributed by atoms with van der Waals surface area (Å²) in [5.74, 6) is 1.33. The number of ether oxygens (including phenoxy) is 3. The number of benzene rings is 1. The highest BCUT2D eigenvalue weighted by Gasteiger charge is 2.42. The molecule has 2 aromatic rings. The highest BCUT2D eigenvalue weighted by atomic mass is 32.2. The number of fused-ring (bicyclic) bond motifs is 2. The van der Waals surface area contributed by atoms with Crippen LogP contribution in [0.2, 0.25) is 0 Å². The van der Waals surface area contributed by atoms with Crippen molar-refractivity contribution in [3.05, 3.63) is 70.3 Å². The van der Waals surface area contributed by atoms with Gasteiger partial charge in [0.25, 0.3) is 0 Å². The van der Waals surface area contributed by atoms with Crippen molar-refractivity contribution in [1.82, 2.24) is 10.2 Å². The molecular weight excluding hydrogens is 458 g/mol. The van der Waals surface area contributed by atoms with Crippen molar-refractivity contribution >= 4 is 28.8 Å². The molecule has 1 aromatic carbocycles. The lowest BCUT2D eigenvalue weighted by Crippen LogP contribution is -2.37. The van der Waals surface area contributed by atoms with Gasteiger partial charge in [0.15, 0.2) is 16.7 Å². The Balaban J connectivity index is 1.33. The van der Waals surface area contributed by atoms with Crippen LogP contribution in [-0.4, -0.2) is 35.3 Å². The number of nitrogens with one attached hydrogen (secondary N) is 1.